The molecule has 1 N–H and O–H groups in total. The highest BCUT2D eigenvalue weighted by Gasteiger charge is 2.48. The zero-order valence-corrected chi connectivity index (χ0v) is 21.9. The van der Waals surface area contributed by atoms with Gasteiger partial charge in [0.05, 0.1) is 0 Å². The highest BCUT2D eigenvalue weighted by Crippen LogP contribution is 2.90. The van der Waals surface area contributed by atoms with Gasteiger partial charge in [-0.1, -0.05) is 52.7 Å². The van der Waals surface area contributed by atoms with Gasteiger partial charge in [-0.05, 0) is 52.2 Å². The number of hydrogen-bond donors (Lipinski definition) is 1. The third kappa shape index (κ3) is 8.67. The van der Waals surface area contributed by atoms with Gasteiger partial charge >= 0.3 is 0 Å². The van der Waals surface area contributed by atoms with Crippen LogP contribution in [0.25, 0.3) is 0 Å². The van der Waals surface area contributed by atoms with Crippen LogP contribution in [0.2, 0.25) is 0 Å². The first kappa shape index (κ1) is 27.8. The van der Waals surface area contributed by atoms with Crippen molar-refractivity contribution >= 4 is 22.7 Å². The van der Waals surface area contributed by atoms with Gasteiger partial charge < -0.3 is 14.4 Å². The van der Waals surface area contributed by atoms with Crippen molar-refractivity contribution < 1.29 is 16.8 Å². The smallest absolute Gasteiger partial charge is 0.168 e. The second-order valence-corrected chi connectivity index (χ2v) is 19.3. The Labute approximate surface area is 188 Å². The van der Waals surface area contributed by atoms with E-state index in [0.717, 1.165) is 50.3 Å². The topological polar surface area (TPSA) is 30.5 Å². The van der Waals surface area contributed by atoms with Crippen molar-refractivity contribution in [2.24, 2.45) is 5.41 Å². The minimum absolute atomic E-state index is 0.139. The molecule has 7 heteroatoms. The fourth-order valence-electron chi connectivity index (χ4n) is 2.93. The van der Waals surface area contributed by atoms with Gasteiger partial charge in [-0.2, -0.15) is 7.77 Å². The first-order valence-corrected chi connectivity index (χ1v) is 15.9. The number of halogens is 2. The van der Waals surface area contributed by atoms with Crippen molar-refractivity contribution in [3.05, 3.63) is 60.4 Å². The van der Waals surface area contributed by atoms with Crippen molar-refractivity contribution in [3.8, 4) is 0 Å². The van der Waals surface area contributed by atoms with Crippen LogP contribution in [0.4, 0.5) is 7.77 Å². The Hall–Kier alpha value is -1.23. The van der Waals surface area contributed by atoms with Crippen molar-refractivity contribution in [1.29, 1.82) is 0 Å². The lowest BCUT2D eigenvalue weighted by molar-refractivity contribution is 0.0725. The lowest BCUT2D eigenvalue weighted by Gasteiger charge is -2.56. The van der Waals surface area contributed by atoms with E-state index in [4.69, 9.17) is 9.05 Å². The van der Waals surface area contributed by atoms with Gasteiger partial charge in [-0.15, -0.1) is 0 Å². The molecule has 1 rings (SSSR count). The van der Waals surface area contributed by atoms with Crippen molar-refractivity contribution in [1.82, 2.24) is 5.32 Å². The summed E-state index contributed by atoms with van der Waals surface area (Å²) in [6.45, 7) is 22.7. The molecule has 31 heavy (non-hydrogen) atoms. The lowest BCUT2D eigenvalue weighted by Crippen LogP contribution is -2.41. The van der Waals surface area contributed by atoms with Crippen LogP contribution in [-0.4, -0.2) is 43.9 Å². The van der Waals surface area contributed by atoms with Gasteiger partial charge in [-0.25, -0.2) is 0 Å². The van der Waals surface area contributed by atoms with Gasteiger partial charge in [0.15, 0.2) is 7.34 Å². The van der Waals surface area contributed by atoms with Crippen LogP contribution in [0.15, 0.2) is 60.4 Å². The van der Waals surface area contributed by atoms with E-state index >= 15 is 0 Å². The van der Waals surface area contributed by atoms with E-state index in [1.807, 2.05) is 0 Å². The maximum Gasteiger partial charge on any atom is 0.168 e. The molecule has 0 aromatic carbocycles. The van der Waals surface area contributed by atoms with E-state index in [0.29, 0.717) is 6.16 Å². The Kier molecular flexibility index (Phi) is 7.72. The summed E-state index contributed by atoms with van der Waals surface area (Å²) in [5.74, 6) is 0.239. The largest absolute Gasteiger partial charge is 0.454 e. The molecule has 180 valence electrons. The average molecular weight is 478 g/mol. The summed E-state index contributed by atoms with van der Waals surface area (Å²) in [5, 5.41) is 3.36. The van der Waals surface area contributed by atoms with Crippen molar-refractivity contribution in [3.63, 3.8) is 0 Å². The van der Waals surface area contributed by atoms with Crippen LogP contribution in [-0.2, 0) is 9.05 Å². The summed E-state index contributed by atoms with van der Waals surface area (Å²) in [6.07, 6.45) is 12.8. The molecular formula is C24H42F2NO2PS. The number of hydrogen-bond acceptors (Lipinski definition) is 3. The first-order chi connectivity index (χ1) is 13.7. The Morgan fingerprint density at radius 2 is 1.77 bits per heavy atom. The standard InChI is InChI=1S/C24H42F2NO2PS/c1-12-19(2)15-17-27-22(5)23-24(6,7)16-18-30(8,29-23)28-20(3)13-14-21(4)31(9,10,11,25)26/h13-14,23,27H,2-5,8,12,15-18H2,1,6-7,9-11H3/b14-13-. The minimum atomic E-state index is -5.32. The molecular weight excluding hydrogens is 435 g/mol. The second kappa shape index (κ2) is 8.61. The Morgan fingerprint density at radius 3 is 2.29 bits per heavy atom. The van der Waals surface area contributed by atoms with Gasteiger partial charge in [0, 0.05) is 42.1 Å². The normalized spacial score (nSPS) is 25.9. The van der Waals surface area contributed by atoms with Crippen LogP contribution in [0.5, 0.6) is 0 Å². The van der Waals surface area contributed by atoms with Crippen LogP contribution < -0.4 is 5.32 Å². The molecule has 1 aliphatic heterocycles. The fourth-order valence-corrected chi connectivity index (χ4v) is 5.96. The van der Waals surface area contributed by atoms with E-state index in [1.165, 1.54) is 17.7 Å². The van der Waals surface area contributed by atoms with Gasteiger partial charge in [-0.3, -0.25) is 0 Å². The van der Waals surface area contributed by atoms with E-state index in [2.05, 4.69) is 58.7 Å². The van der Waals surface area contributed by atoms with Gasteiger partial charge in [0.2, 0.25) is 0 Å². The lowest BCUT2D eigenvalue weighted by atomic mass is 9.82. The Balaban J connectivity index is 2.85. The molecule has 0 spiro atoms. The summed E-state index contributed by atoms with van der Waals surface area (Å²) < 4.78 is 41.8. The first-order valence-electron chi connectivity index (χ1n) is 10.4. The quantitative estimate of drug-likeness (QED) is 0.143. The van der Waals surface area contributed by atoms with E-state index in [1.54, 1.807) is 0 Å². The van der Waals surface area contributed by atoms with E-state index < -0.39 is 16.4 Å². The van der Waals surface area contributed by atoms with Gasteiger partial charge in [0.25, 0.3) is 0 Å². The third-order valence-electron chi connectivity index (χ3n) is 5.47. The second-order valence-electron chi connectivity index (χ2n) is 10.4. The molecule has 0 amide bonds. The number of rotatable bonds is 11. The SMILES string of the molecule is C=C(CC)CCNC(=C)C1OP(=C)(OC(=C)/C=C\C(=C)S(C)(C)(C)(F)F)CCC1(C)C. The van der Waals surface area contributed by atoms with Crippen LogP contribution in [0, 0.1) is 5.41 Å². The summed E-state index contributed by atoms with van der Waals surface area (Å²) >= 11 is 0. The third-order valence-corrected chi connectivity index (χ3v) is 9.65. The fraction of sp³-hybridized carbons (Fsp3) is 0.542. The molecule has 1 heterocycles. The maximum absolute atomic E-state index is 14.7. The molecule has 0 aromatic rings. The molecule has 3 nitrogen and oxygen atoms in total. The Morgan fingerprint density at radius 1 is 1.19 bits per heavy atom. The number of allylic oxidation sites excluding steroid dienone is 2. The van der Waals surface area contributed by atoms with E-state index in [-0.39, 0.29) is 22.2 Å². The summed E-state index contributed by atoms with van der Waals surface area (Å²) in [7, 11) is -7.84. The summed E-state index contributed by atoms with van der Waals surface area (Å²) in [6, 6.07) is 0. The Bertz CT molecular complexity index is 838. The van der Waals surface area contributed by atoms with Crippen molar-refractivity contribution in [2.45, 2.75) is 46.1 Å². The van der Waals surface area contributed by atoms with Crippen LogP contribution in [0.1, 0.15) is 40.0 Å². The maximum atomic E-state index is 14.7. The minimum Gasteiger partial charge on any atom is -0.454 e. The zero-order valence-electron chi connectivity index (χ0n) is 20.2. The molecule has 2 unspecified atom stereocenters. The van der Waals surface area contributed by atoms with E-state index in [9.17, 15) is 7.77 Å². The molecule has 0 bridgehead atoms. The van der Waals surface area contributed by atoms with Crippen LogP contribution >= 0.6 is 16.4 Å². The highest BCUT2D eigenvalue weighted by molar-refractivity contribution is 8.58. The molecule has 1 aliphatic rings. The summed E-state index contributed by atoms with van der Waals surface area (Å²) in [4.78, 5) is -0.226. The highest BCUT2D eigenvalue weighted by atomic mass is 32.4. The molecule has 0 aliphatic carbocycles. The predicted octanol–water partition coefficient (Wildman–Crippen LogP) is 7.68. The predicted molar refractivity (Wildman–Crippen MR) is 139 cm³/mol. The molecule has 1 fully saturated rings. The van der Waals surface area contributed by atoms with Crippen molar-refractivity contribution in [2.75, 3.05) is 31.5 Å². The molecule has 0 saturated carbocycles. The molecule has 0 radical (unpaired) electrons. The molecule has 2 atom stereocenters. The zero-order chi connectivity index (χ0) is 24.4. The monoisotopic (exact) mass is 477 g/mol. The number of nitrogens with one attached hydrogen (secondary N) is 1. The molecule has 1 saturated heterocycles. The molecule has 0 aromatic heterocycles. The van der Waals surface area contributed by atoms with Crippen LogP contribution in [0.3, 0.4) is 0 Å². The average Bonchev–Trinajstić information content (AvgIpc) is 2.59. The summed E-state index contributed by atoms with van der Waals surface area (Å²) in [5.41, 5.74) is 1.83. The van der Waals surface area contributed by atoms with Gasteiger partial charge in [0.1, 0.15) is 11.9 Å².